The van der Waals surface area contributed by atoms with Crippen molar-refractivity contribution < 1.29 is 18.3 Å². The van der Waals surface area contributed by atoms with Crippen LogP contribution in [0.4, 0.5) is 0 Å². The summed E-state index contributed by atoms with van der Waals surface area (Å²) >= 11 is 0. The van der Waals surface area contributed by atoms with Crippen LogP contribution in [-0.4, -0.2) is 31.2 Å². The van der Waals surface area contributed by atoms with Crippen molar-refractivity contribution in [1.29, 1.82) is 0 Å². The van der Waals surface area contributed by atoms with E-state index in [0.717, 1.165) is 36.0 Å². The molecule has 0 aliphatic heterocycles. The molecule has 0 spiro atoms. The zero-order valence-electron chi connectivity index (χ0n) is 19.1. The standard InChI is InChI=1S/C25H29N3O4S/c1-17(2)14-19-6-11-23(33(30,31)27-25(29)32-3)22(15-19)20-7-4-18(5-8-20)16-28-13-12-26-24(28)21-9-10-21/h4-8,11-13,15,17,21H,9-10,14,16H2,1-3H3,(H,27,29)/p-1. The van der Waals surface area contributed by atoms with E-state index < -0.39 is 16.1 Å². The molecule has 2 aromatic carbocycles. The van der Waals surface area contributed by atoms with Crippen molar-refractivity contribution in [2.75, 3.05) is 7.11 Å². The summed E-state index contributed by atoms with van der Waals surface area (Å²) in [5.41, 5.74) is 3.39. The van der Waals surface area contributed by atoms with Gasteiger partial charge in [0.15, 0.2) is 6.08 Å². The Kier molecular flexibility index (Phi) is 6.56. The van der Waals surface area contributed by atoms with Gasteiger partial charge in [0.2, 0.25) is 0 Å². The minimum absolute atomic E-state index is 0.0150. The van der Waals surface area contributed by atoms with Gasteiger partial charge >= 0.3 is 0 Å². The fraction of sp³-hybridized carbons (Fsp3) is 0.360. The van der Waals surface area contributed by atoms with Gasteiger partial charge < -0.3 is 14.4 Å². The molecule has 0 bridgehead atoms. The Balaban J connectivity index is 1.69. The van der Waals surface area contributed by atoms with Crippen LogP contribution in [0.2, 0.25) is 0 Å². The highest BCUT2D eigenvalue weighted by Crippen LogP contribution is 2.39. The van der Waals surface area contributed by atoms with Crippen molar-refractivity contribution in [3.8, 4) is 11.1 Å². The summed E-state index contributed by atoms with van der Waals surface area (Å²) in [6.45, 7) is 4.93. The normalized spacial score (nSPS) is 14.6. The average Bonchev–Trinajstić information content (AvgIpc) is 3.52. The highest BCUT2D eigenvalue weighted by molar-refractivity contribution is 7.90. The molecule has 1 aromatic heterocycles. The Morgan fingerprint density at radius 3 is 2.52 bits per heavy atom. The summed E-state index contributed by atoms with van der Waals surface area (Å²) < 4.78 is 35.6. The van der Waals surface area contributed by atoms with Gasteiger partial charge in [0.1, 0.15) is 5.82 Å². The van der Waals surface area contributed by atoms with Crippen molar-refractivity contribution >= 4 is 16.1 Å². The fourth-order valence-corrected chi connectivity index (χ4v) is 5.02. The molecule has 0 saturated heterocycles. The van der Waals surface area contributed by atoms with Crippen LogP contribution in [0, 0.1) is 5.92 Å². The van der Waals surface area contributed by atoms with Crippen LogP contribution in [0.1, 0.15) is 49.6 Å². The van der Waals surface area contributed by atoms with Crippen molar-refractivity contribution in [2.24, 2.45) is 10.3 Å². The zero-order valence-corrected chi connectivity index (χ0v) is 19.9. The first-order valence-corrected chi connectivity index (χ1v) is 12.5. The highest BCUT2D eigenvalue weighted by Gasteiger charge is 2.27. The lowest BCUT2D eigenvalue weighted by Crippen LogP contribution is -2.21. The monoisotopic (exact) mass is 466 g/mol. The molecule has 0 radical (unpaired) electrons. The molecule has 0 unspecified atom stereocenters. The molecule has 1 aliphatic carbocycles. The van der Waals surface area contributed by atoms with Crippen LogP contribution in [0.15, 0.2) is 64.2 Å². The first kappa shape index (κ1) is 23.0. The second-order valence-electron chi connectivity index (χ2n) is 8.85. The van der Waals surface area contributed by atoms with E-state index in [0.29, 0.717) is 23.9 Å². The number of rotatable bonds is 8. The summed E-state index contributed by atoms with van der Waals surface area (Å²) in [6, 6.07) is 13.0. The number of sulfonamides is 1. The molecular formula is C25H28N3O4S-. The second-order valence-corrected chi connectivity index (χ2v) is 10.4. The molecule has 1 aliphatic rings. The van der Waals surface area contributed by atoms with E-state index in [1.165, 1.54) is 18.9 Å². The van der Waals surface area contributed by atoms with Gasteiger partial charge in [-0.3, -0.25) is 0 Å². The smallest absolute Gasteiger partial charge is 0.284 e. The summed E-state index contributed by atoms with van der Waals surface area (Å²) in [5, 5.41) is 11.6. The lowest BCUT2D eigenvalue weighted by molar-refractivity contribution is -0.246. The molecule has 3 aromatic rings. The molecule has 1 saturated carbocycles. The molecule has 4 rings (SSSR count). The first-order valence-electron chi connectivity index (χ1n) is 11.1. The number of benzene rings is 2. The summed E-state index contributed by atoms with van der Waals surface area (Å²) in [7, 11) is -3.12. The number of hydrogen-bond donors (Lipinski definition) is 0. The second kappa shape index (κ2) is 9.39. The van der Waals surface area contributed by atoms with E-state index in [2.05, 4.69) is 32.5 Å². The van der Waals surface area contributed by atoms with Crippen molar-refractivity contribution in [2.45, 2.75) is 50.5 Å². The van der Waals surface area contributed by atoms with Crippen LogP contribution in [0.3, 0.4) is 0 Å². The molecule has 174 valence electrons. The number of methoxy groups -OCH3 is 1. The molecule has 1 fully saturated rings. The Morgan fingerprint density at radius 1 is 1.18 bits per heavy atom. The van der Waals surface area contributed by atoms with E-state index in [1.807, 2.05) is 42.7 Å². The van der Waals surface area contributed by atoms with Gasteiger partial charge in [-0.05, 0) is 61.1 Å². The predicted molar refractivity (Wildman–Crippen MR) is 125 cm³/mol. The van der Waals surface area contributed by atoms with Gasteiger partial charge in [-0.15, -0.1) is 4.40 Å². The van der Waals surface area contributed by atoms with Crippen LogP contribution in [-0.2, 0) is 27.7 Å². The molecule has 1 heterocycles. The predicted octanol–water partition coefficient (Wildman–Crippen LogP) is 3.73. The molecule has 8 heteroatoms. The molecule has 0 amide bonds. The van der Waals surface area contributed by atoms with Crippen LogP contribution in [0.25, 0.3) is 11.1 Å². The third-order valence-electron chi connectivity index (χ3n) is 5.64. The van der Waals surface area contributed by atoms with E-state index in [-0.39, 0.29) is 4.90 Å². The third kappa shape index (κ3) is 5.45. The number of hydrogen-bond acceptors (Lipinski definition) is 5. The molecule has 33 heavy (non-hydrogen) atoms. The minimum atomic E-state index is -4.22. The van der Waals surface area contributed by atoms with Gasteiger partial charge in [-0.25, -0.2) is 4.98 Å². The molecular weight excluding hydrogens is 438 g/mol. The van der Waals surface area contributed by atoms with Gasteiger partial charge in [-0.1, -0.05) is 44.2 Å². The topological polar surface area (TPSA) is 96.6 Å². The largest absolute Gasteiger partial charge is 0.603 e. The van der Waals surface area contributed by atoms with Gasteiger partial charge in [0, 0.05) is 30.4 Å². The fourth-order valence-electron chi connectivity index (χ4n) is 3.95. The summed E-state index contributed by atoms with van der Waals surface area (Å²) in [5.74, 6) is 2.10. The van der Waals surface area contributed by atoms with E-state index >= 15 is 0 Å². The van der Waals surface area contributed by atoms with Crippen molar-refractivity contribution in [3.05, 3.63) is 71.8 Å². The van der Waals surface area contributed by atoms with Crippen molar-refractivity contribution in [1.82, 2.24) is 9.55 Å². The van der Waals surface area contributed by atoms with Gasteiger partial charge in [0.05, 0.1) is 4.90 Å². The van der Waals surface area contributed by atoms with E-state index in [1.54, 1.807) is 6.07 Å². The Morgan fingerprint density at radius 2 is 1.88 bits per heavy atom. The maximum atomic E-state index is 12.8. The Hall–Kier alpha value is -3.13. The van der Waals surface area contributed by atoms with E-state index in [4.69, 9.17) is 0 Å². The number of nitrogens with zero attached hydrogens (tertiary/aromatic N) is 3. The third-order valence-corrected chi connectivity index (χ3v) is 6.94. The van der Waals surface area contributed by atoms with Gasteiger partial charge in [-0.2, -0.15) is 8.42 Å². The Labute approximate surface area is 194 Å². The molecule has 7 nitrogen and oxygen atoms in total. The SMILES string of the molecule is CO/C([O-])=N/S(=O)(=O)c1ccc(CC(C)C)cc1-c1ccc(Cn2ccnc2C2CC2)cc1. The quantitative estimate of drug-likeness (QED) is 0.372. The van der Waals surface area contributed by atoms with Gasteiger partial charge in [0.25, 0.3) is 10.0 Å². The summed E-state index contributed by atoms with van der Waals surface area (Å²) in [6.07, 6.45) is 5.88. The number of aromatic nitrogens is 2. The lowest BCUT2D eigenvalue weighted by atomic mass is 9.97. The number of ether oxygens (including phenoxy) is 1. The summed E-state index contributed by atoms with van der Waals surface area (Å²) in [4.78, 5) is 4.48. The maximum Gasteiger partial charge on any atom is 0.284 e. The maximum absolute atomic E-state index is 12.8. The Bertz CT molecular complexity index is 1260. The highest BCUT2D eigenvalue weighted by atomic mass is 32.2. The number of imidazole rings is 1. The lowest BCUT2D eigenvalue weighted by Gasteiger charge is -2.14. The molecule has 0 N–H and O–H groups in total. The average molecular weight is 467 g/mol. The zero-order chi connectivity index (χ0) is 23.6. The van der Waals surface area contributed by atoms with Crippen LogP contribution < -0.4 is 5.11 Å². The van der Waals surface area contributed by atoms with Crippen LogP contribution >= 0.6 is 0 Å². The van der Waals surface area contributed by atoms with Crippen molar-refractivity contribution in [3.63, 3.8) is 0 Å². The minimum Gasteiger partial charge on any atom is -0.603 e. The van der Waals surface area contributed by atoms with Crippen LogP contribution in [0.5, 0.6) is 0 Å². The first-order chi connectivity index (χ1) is 15.8. The molecule has 0 atom stereocenters. The van der Waals surface area contributed by atoms with E-state index in [9.17, 15) is 13.5 Å².